The third-order valence-corrected chi connectivity index (χ3v) is 2.80. The summed E-state index contributed by atoms with van der Waals surface area (Å²) in [6.07, 6.45) is 6.15. The van der Waals surface area contributed by atoms with E-state index in [1.54, 1.807) is 48.9 Å². The van der Waals surface area contributed by atoms with Crippen LogP contribution in [-0.2, 0) is 11.3 Å². The zero-order valence-corrected chi connectivity index (χ0v) is 11.1. The van der Waals surface area contributed by atoms with E-state index in [1.807, 2.05) is 6.07 Å². The number of furan rings is 3. The molecule has 21 heavy (non-hydrogen) atoms. The minimum Gasteiger partial charge on any atom is -0.465 e. The Bertz CT molecular complexity index is 720. The van der Waals surface area contributed by atoms with E-state index in [1.165, 1.54) is 6.08 Å². The fraction of sp³-hybridized carbons (Fsp3) is 0.0625. The van der Waals surface area contributed by atoms with Crippen LogP contribution in [0.15, 0.2) is 68.3 Å². The number of hydrogen-bond acceptors (Lipinski definition) is 4. The van der Waals surface area contributed by atoms with E-state index in [0.717, 1.165) is 0 Å². The molecule has 0 unspecified atom stereocenters. The molecule has 0 saturated heterocycles. The zero-order valence-electron chi connectivity index (χ0n) is 11.1. The van der Waals surface area contributed by atoms with Crippen LogP contribution in [0.3, 0.4) is 0 Å². The van der Waals surface area contributed by atoms with Gasteiger partial charge in [0.2, 0.25) is 5.91 Å². The molecule has 0 aromatic carbocycles. The first-order valence-electron chi connectivity index (χ1n) is 6.43. The summed E-state index contributed by atoms with van der Waals surface area (Å²) >= 11 is 0. The molecule has 3 rings (SSSR count). The number of amides is 1. The standard InChI is InChI=1S/C16H13NO4/c18-16(8-6-12-3-1-9-19-12)17-11-13-5-7-15(21-13)14-4-2-10-20-14/h1-10H,11H2,(H,17,18). The molecule has 0 aliphatic rings. The molecule has 5 heteroatoms. The Morgan fingerprint density at radius 1 is 1.05 bits per heavy atom. The highest BCUT2D eigenvalue weighted by Crippen LogP contribution is 2.22. The highest BCUT2D eigenvalue weighted by molar-refractivity contribution is 5.91. The average molecular weight is 283 g/mol. The largest absolute Gasteiger partial charge is 0.465 e. The second kappa shape index (κ2) is 6.00. The lowest BCUT2D eigenvalue weighted by molar-refractivity contribution is -0.116. The predicted molar refractivity (Wildman–Crippen MR) is 76.0 cm³/mol. The zero-order chi connectivity index (χ0) is 14.5. The number of rotatable bonds is 5. The van der Waals surface area contributed by atoms with Gasteiger partial charge in [0.15, 0.2) is 11.5 Å². The Morgan fingerprint density at radius 2 is 1.90 bits per heavy atom. The summed E-state index contributed by atoms with van der Waals surface area (Å²) in [6.45, 7) is 0.308. The van der Waals surface area contributed by atoms with Gasteiger partial charge in [-0.25, -0.2) is 0 Å². The number of nitrogens with one attached hydrogen (secondary N) is 1. The van der Waals surface area contributed by atoms with E-state index in [2.05, 4.69) is 5.32 Å². The van der Waals surface area contributed by atoms with Gasteiger partial charge in [0.25, 0.3) is 0 Å². The van der Waals surface area contributed by atoms with Crippen LogP contribution in [0.2, 0.25) is 0 Å². The van der Waals surface area contributed by atoms with Crippen molar-refractivity contribution in [2.75, 3.05) is 0 Å². The Hall–Kier alpha value is -2.95. The van der Waals surface area contributed by atoms with Crippen LogP contribution in [0.25, 0.3) is 17.6 Å². The Kier molecular flexibility index (Phi) is 3.73. The van der Waals surface area contributed by atoms with Crippen LogP contribution in [-0.4, -0.2) is 5.91 Å². The second-order valence-corrected chi connectivity index (χ2v) is 4.31. The molecule has 5 nitrogen and oxygen atoms in total. The van der Waals surface area contributed by atoms with Gasteiger partial charge < -0.3 is 18.6 Å². The van der Waals surface area contributed by atoms with Gasteiger partial charge in [0, 0.05) is 6.08 Å². The van der Waals surface area contributed by atoms with E-state index in [9.17, 15) is 4.79 Å². The molecule has 3 aromatic heterocycles. The molecule has 3 heterocycles. The van der Waals surface area contributed by atoms with Gasteiger partial charge in [-0.1, -0.05) is 0 Å². The monoisotopic (exact) mass is 283 g/mol. The van der Waals surface area contributed by atoms with Gasteiger partial charge in [-0.15, -0.1) is 0 Å². The molecule has 3 aromatic rings. The molecule has 0 radical (unpaired) electrons. The van der Waals surface area contributed by atoms with Crippen LogP contribution < -0.4 is 5.32 Å². The molecular weight excluding hydrogens is 270 g/mol. The molecule has 1 N–H and O–H groups in total. The number of carbonyl (C=O) groups excluding carboxylic acids is 1. The van der Waals surface area contributed by atoms with Gasteiger partial charge >= 0.3 is 0 Å². The molecule has 0 atom stereocenters. The van der Waals surface area contributed by atoms with Crippen LogP contribution in [0, 0.1) is 0 Å². The number of carbonyl (C=O) groups is 1. The normalized spacial score (nSPS) is 11.0. The average Bonchev–Trinajstić information content (AvgIpc) is 3.24. The fourth-order valence-electron chi connectivity index (χ4n) is 1.80. The molecule has 0 spiro atoms. The lowest BCUT2D eigenvalue weighted by Gasteiger charge is -1.98. The highest BCUT2D eigenvalue weighted by atomic mass is 16.4. The van der Waals surface area contributed by atoms with Crippen molar-refractivity contribution in [3.8, 4) is 11.5 Å². The van der Waals surface area contributed by atoms with Crippen LogP contribution >= 0.6 is 0 Å². The van der Waals surface area contributed by atoms with Gasteiger partial charge in [-0.05, 0) is 42.5 Å². The van der Waals surface area contributed by atoms with Gasteiger partial charge in [-0.3, -0.25) is 4.79 Å². The van der Waals surface area contributed by atoms with Crippen molar-refractivity contribution in [3.63, 3.8) is 0 Å². The maximum absolute atomic E-state index is 11.6. The molecule has 0 saturated carbocycles. The van der Waals surface area contributed by atoms with E-state index in [4.69, 9.17) is 13.3 Å². The highest BCUT2D eigenvalue weighted by Gasteiger charge is 2.07. The van der Waals surface area contributed by atoms with Gasteiger partial charge in [0.05, 0.1) is 19.1 Å². The minimum atomic E-state index is -0.220. The van der Waals surface area contributed by atoms with E-state index < -0.39 is 0 Å². The summed E-state index contributed by atoms with van der Waals surface area (Å²) in [6, 6.07) is 10.7. The maximum atomic E-state index is 11.6. The maximum Gasteiger partial charge on any atom is 0.244 e. The van der Waals surface area contributed by atoms with Gasteiger partial charge in [0.1, 0.15) is 11.5 Å². The van der Waals surface area contributed by atoms with Crippen molar-refractivity contribution in [2.45, 2.75) is 6.54 Å². The van der Waals surface area contributed by atoms with E-state index in [-0.39, 0.29) is 5.91 Å². The summed E-state index contributed by atoms with van der Waals surface area (Å²) in [5, 5.41) is 2.73. The smallest absolute Gasteiger partial charge is 0.244 e. The van der Waals surface area contributed by atoms with Crippen LogP contribution in [0.5, 0.6) is 0 Å². The minimum absolute atomic E-state index is 0.220. The van der Waals surface area contributed by atoms with E-state index in [0.29, 0.717) is 29.6 Å². The lowest BCUT2D eigenvalue weighted by atomic mass is 10.3. The molecule has 1 amide bonds. The summed E-state index contributed by atoms with van der Waals surface area (Å²) in [7, 11) is 0. The first-order valence-corrected chi connectivity index (χ1v) is 6.43. The van der Waals surface area contributed by atoms with Crippen molar-refractivity contribution in [1.82, 2.24) is 5.32 Å². The summed E-state index contributed by atoms with van der Waals surface area (Å²) in [5.74, 6) is 2.35. The molecule has 0 aliphatic heterocycles. The Balaban J connectivity index is 1.54. The Labute approximate surface area is 120 Å². The van der Waals surface area contributed by atoms with Crippen LogP contribution in [0.4, 0.5) is 0 Å². The van der Waals surface area contributed by atoms with Crippen molar-refractivity contribution >= 4 is 12.0 Å². The summed E-state index contributed by atoms with van der Waals surface area (Å²) in [4.78, 5) is 11.6. The molecule has 106 valence electrons. The summed E-state index contributed by atoms with van der Waals surface area (Å²) < 4.78 is 15.9. The molecule has 0 fully saturated rings. The predicted octanol–water partition coefficient (Wildman–Crippen LogP) is 3.46. The quantitative estimate of drug-likeness (QED) is 0.728. The summed E-state index contributed by atoms with van der Waals surface area (Å²) in [5.41, 5.74) is 0. The lowest BCUT2D eigenvalue weighted by Crippen LogP contribution is -2.19. The van der Waals surface area contributed by atoms with Crippen molar-refractivity contribution in [1.29, 1.82) is 0 Å². The van der Waals surface area contributed by atoms with Crippen LogP contribution in [0.1, 0.15) is 11.5 Å². The molecule has 0 aliphatic carbocycles. The van der Waals surface area contributed by atoms with Crippen molar-refractivity contribution < 1.29 is 18.0 Å². The van der Waals surface area contributed by atoms with Crippen molar-refractivity contribution in [2.24, 2.45) is 0 Å². The fourth-order valence-corrected chi connectivity index (χ4v) is 1.80. The van der Waals surface area contributed by atoms with Crippen molar-refractivity contribution in [3.05, 3.63) is 66.5 Å². The first-order chi connectivity index (χ1) is 10.3. The third kappa shape index (κ3) is 3.33. The SMILES string of the molecule is O=C(C=Cc1ccco1)NCc1ccc(-c2ccco2)o1. The Morgan fingerprint density at radius 3 is 2.67 bits per heavy atom. The molecule has 0 bridgehead atoms. The third-order valence-electron chi connectivity index (χ3n) is 2.80. The van der Waals surface area contributed by atoms with E-state index >= 15 is 0 Å². The number of hydrogen-bond donors (Lipinski definition) is 1. The second-order valence-electron chi connectivity index (χ2n) is 4.31. The van der Waals surface area contributed by atoms with Gasteiger partial charge in [-0.2, -0.15) is 0 Å². The first kappa shape index (κ1) is 13.1. The topological polar surface area (TPSA) is 68.5 Å². The molecular formula is C16H13NO4.